The Labute approximate surface area is 125 Å². The summed E-state index contributed by atoms with van der Waals surface area (Å²) in [6.07, 6.45) is 3.91. The molecule has 0 bridgehead atoms. The molecule has 1 aliphatic rings. The summed E-state index contributed by atoms with van der Waals surface area (Å²) in [6, 6.07) is 6.19. The molecule has 1 saturated carbocycles. The first kappa shape index (κ1) is 13.5. The molecule has 0 saturated heterocycles. The van der Waals surface area contributed by atoms with Crippen molar-refractivity contribution in [3.05, 3.63) is 30.1 Å². The van der Waals surface area contributed by atoms with E-state index in [9.17, 15) is 4.79 Å². The van der Waals surface area contributed by atoms with Crippen LogP contribution in [0.3, 0.4) is 0 Å². The first-order valence-electron chi connectivity index (χ1n) is 6.40. The molecule has 20 heavy (non-hydrogen) atoms. The van der Waals surface area contributed by atoms with Gasteiger partial charge in [0, 0.05) is 24.9 Å². The van der Waals surface area contributed by atoms with Crippen LogP contribution in [-0.4, -0.2) is 27.1 Å². The van der Waals surface area contributed by atoms with Gasteiger partial charge in [0.1, 0.15) is 0 Å². The number of thioether (sulfide) groups is 1. The van der Waals surface area contributed by atoms with Crippen LogP contribution in [0.5, 0.6) is 0 Å². The van der Waals surface area contributed by atoms with Gasteiger partial charge >= 0.3 is 0 Å². The molecule has 104 valence electrons. The van der Waals surface area contributed by atoms with Gasteiger partial charge in [-0.05, 0) is 25.0 Å². The van der Waals surface area contributed by atoms with Crippen molar-refractivity contribution in [3.8, 4) is 0 Å². The standard InChI is InChI=1S/C13H14N4OS2/c1-9(18)17(11-5-6-11)12-15-16-13(20-12)19-8-10-4-2-3-7-14-10/h2-4,7,11H,5-6,8H2,1H3. The van der Waals surface area contributed by atoms with E-state index in [-0.39, 0.29) is 5.91 Å². The number of rotatable bonds is 5. The highest BCUT2D eigenvalue weighted by atomic mass is 32.2. The lowest BCUT2D eigenvalue weighted by Gasteiger charge is -2.15. The summed E-state index contributed by atoms with van der Waals surface area (Å²) in [6.45, 7) is 1.58. The number of pyridine rings is 1. The number of nitrogens with zero attached hydrogens (tertiary/aromatic N) is 4. The minimum absolute atomic E-state index is 0.0462. The summed E-state index contributed by atoms with van der Waals surface area (Å²) in [5, 5.41) is 9.01. The van der Waals surface area contributed by atoms with Crippen molar-refractivity contribution in [2.45, 2.75) is 35.9 Å². The molecule has 3 rings (SSSR count). The maximum atomic E-state index is 11.7. The number of carbonyl (C=O) groups excluding carboxylic acids is 1. The van der Waals surface area contributed by atoms with Gasteiger partial charge in [0.2, 0.25) is 11.0 Å². The second kappa shape index (κ2) is 5.88. The fourth-order valence-corrected chi connectivity index (χ4v) is 3.73. The lowest BCUT2D eigenvalue weighted by atomic mass is 10.4. The third-order valence-electron chi connectivity index (χ3n) is 2.92. The molecule has 1 fully saturated rings. The summed E-state index contributed by atoms with van der Waals surface area (Å²) in [4.78, 5) is 17.7. The Hall–Kier alpha value is -1.47. The van der Waals surface area contributed by atoms with E-state index in [0.717, 1.165) is 28.6 Å². The highest BCUT2D eigenvalue weighted by molar-refractivity contribution is 8.00. The van der Waals surface area contributed by atoms with E-state index in [4.69, 9.17) is 0 Å². The SMILES string of the molecule is CC(=O)N(c1nnc(SCc2ccccn2)s1)C1CC1. The summed E-state index contributed by atoms with van der Waals surface area (Å²) >= 11 is 3.07. The molecule has 0 N–H and O–H groups in total. The number of hydrogen-bond acceptors (Lipinski definition) is 6. The largest absolute Gasteiger partial charge is 0.284 e. The average Bonchev–Trinajstić information content (AvgIpc) is 3.16. The highest BCUT2D eigenvalue weighted by Crippen LogP contribution is 2.36. The van der Waals surface area contributed by atoms with Crippen molar-refractivity contribution in [3.63, 3.8) is 0 Å². The Morgan fingerprint density at radius 2 is 2.30 bits per heavy atom. The van der Waals surface area contributed by atoms with Crippen molar-refractivity contribution in [2.75, 3.05) is 4.90 Å². The maximum Gasteiger partial charge on any atom is 0.225 e. The predicted octanol–water partition coefficient (Wildman–Crippen LogP) is 2.74. The minimum Gasteiger partial charge on any atom is -0.284 e. The molecule has 1 amide bonds. The molecular formula is C13H14N4OS2. The summed E-state index contributed by atoms with van der Waals surface area (Å²) in [5.74, 6) is 0.809. The third kappa shape index (κ3) is 3.16. The second-order valence-electron chi connectivity index (χ2n) is 4.58. The molecule has 2 heterocycles. The zero-order valence-corrected chi connectivity index (χ0v) is 12.7. The molecule has 7 heteroatoms. The quantitative estimate of drug-likeness (QED) is 0.628. The van der Waals surface area contributed by atoms with Crippen LogP contribution >= 0.6 is 23.1 Å². The van der Waals surface area contributed by atoms with Crippen LogP contribution in [0.2, 0.25) is 0 Å². The second-order valence-corrected chi connectivity index (χ2v) is 6.76. The topological polar surface area (TPSA) is 59.0 Å². The van der Waals surface area contributed by atoms with Gasteiger partial charge in [0.15, 0.2) is 4.34 Å². The van der Waals surface area contributed by atoms with Crippen LogP contribution in [0.1, 0.15) is 25.5 Å². The number of amides is 1. The molecule has 0 radical (unpaired) electrons. The minimum atomic E-state index is 0.0462. The van der Waals surface area contributed by atoms with Crippen LogP contribution in [-0.2, 0) is 10.5 Å². The predicted molar refractivity (Wildman–Crippen MR) is 79.9 cm³/mol. The summed E-state index contributed by atoms with van der Waals surface area (Å²) in [7, 11) is 0. The van der Waals surface area contributed by atoms with Crippen LogP contribution < -0.4 is 4.90 Å². The third-order valence-corrected chi connectivity index (χ3v) is 5.01. The number of hydrogen-bond donors (Lipinski definition) is 0. The Bertz CT molecular complexity index is 597. The molecular weight excluding hydrogens is 292 g/mol. The number of carbonyl (C=O) groups is 1. The van der Waals surface area contributed by atoms with Crippen LogP contribution in [0.4, 0.5) is 5.13 Å². The van der Waals surface area contributed by atoms with Gasteiger partial charge in [-0.3, -0.25) is 14.7 Å². The molecule has 0 unspecified atom stereocenters. The zero-order valence-electron chi connectivity index (χ0n) is 11.0. The molecule has 5 nitrogen and oxygen atoms in total. The Balaban J connectivity index is 1.66. The van der Waals surface area contributed by atoms with Crippen molar-refractivity contribution in [1.82, 2.24) is 15.2 Å². The highest BCUT2D eigenvalue weighted by Gasteiger charge is 2.34. The van der Waals surface area contributed by atoms with Crippen molar-refractivity contribution in [2.24, 2.45) is 0 Å². The van der Waals surface area contributed by atoms with Gasteiger partial charge in [-0.25, -0.2) is 0 Å². The Morgan fingerprint density at radius 1 is 1.45 bits per heavy atom. The van der Waals surface area contributed by atoms with Gasteiger partial charge in [-0.1, -0.05) is 29.2 Å². The molecule has 0 atom stereocenters. The maximum absolute atomic E-state index is 11.7. The van der Waals surface area contributed by atoms with Gasteiger partial charge in [-0.15, -0.1) is 10.2 Å². The number of aromatic nitrogens is 3. The van der Waals surface area contributed by atoms with Crippen LogP contribution in [0.25, 0.3) is 0 Å². The van der Waals surface area contributed by atoms with E-state index in [0.29, 0.717) is 11.2 Å². The fourth-order valence-electron chi connectivity index (χ4n) is 1.86. The molecule has 1 aliphatic carbocycles. The molecule has 2 aromatic heterocycles. The van der Waals surface area contributed by atoms with E-state index >= 15 is 0 Å². The fraction of sp³-hybridized carbons (Fsp3) is 0.385. The van der Waals surface area contributed by atoms with E-state index in [1.165, 1.54) is 11.3 Å². The first-order valence-corrected chi connectivity index (χ1v) is 8.20. The molecule has 2 aromatic rings. The van der Waals surface area contributed by atoms with Gasteiger partial charge < -0.3 is 0 Å². The van der Waals surface area contributed by atoms with Gasteiger partial charge in [0.25, 0.3) is 0 Å². The first-order chi connectivity index (χ1) is 9.74. The van der Waals surface area contributed by atoms with Crippen molar-refractivity contribution < 1.29 is 4.79 Å². The lowest BCUT2D eigenvalue weighted by molar-refractivity contribution is -0.116. The smallest absolute Gasteiger partial charge is 0.225 e. The number of anilines is 1. The normalized spacial score (nSPS) is 14.2. The van der Waals surface area contributed by atoms with Gasteiger partial charge in [-0.2, -0.15) is 0 Å². The van der Waals surface area contributed by atoms with E-state index in [2.05, 4.69) is 15.2 Å². The molecule has 0 aliphatic heterocycles. The van der Waals surface area contributed by atoms with Crippen LogP contribution in [0.15, 0.2) is 28.7 Å². The molecule has 0 aromatic carbocycles. The summed E-state index contributed by atoms with van der Waals surface area (Å²) in [5.41, 5.74) is 1.01. The van der Waals surface area contributed by atoms with Gasteiger partial charge in [0.05, 0.1) is 5.69 Å². The Kier molecular flexibility index (Phi) is 3.98. The molecule has 0 spiro atoms. The zero-order chi connectivity index (χ0) is 13.9. The van der Waals surface area contributed by atoms with Crippen molar-refractivity contribution >= 4 is 34.1 Å². The van der Waals surface area contributed by atoms with E-state index in [1.54, 1.807) is 29.8 Å². The lowest BCUT2D eigenvalue weighted by Crippen LogP contribution is -2.30. The van der Waals surface area contributed by atoms with Crippen LogP contribution in [0, 0.1) is 0 Å². The summed E-state index contributed by atoms with van der Waals surface area (Å²) < 4.78 is 0.873. The monoisotopic (exact) mass is 306 g/mol. The van der Waals surface area contributed by atoms with E-state index < -0.39 is 0 Å². The Morgan fingerprint density at radius 3 is 2.95 bits per heavy atom. The van der Waals surface area contributed by atoms with Crippen molar-refractivity contribution in [1.29, 1.82) is 0 Å². The average molecular weight is 306 g/mol. The van der Waals surface area contributed by atoms with E-state index in [1.807, 2.05) is 18.2 Å².